The molecule has 6 nitrogen and oxygen atoms in total. The van der Waals surface area contributed by atoms with E-state index in [4.69, 9.17) is 0 Å². The van der Waals surface area contributed by atoms with Crippen molar-refractivity contribution in [3.05, 3.63) is 36.2 Å². The number of amides is 2. The van der Waals surface area contributed by atoms with Crippen molar-refractivity contribution in [2.45, 2.75) is 0 Å². The van der Waals surface area contributed by atoms with Gasteiger partial charge in [-0.25, -0.2) is 0 Å². The van der Waals surface area contributed by atoms with Crippen molar-refractivity contribution in [2.75, 3.05) is 46.8 Å². The summed E-state index contributed by atoms with van der Waals surface area (Å²) in [5.74, 6) is 0.0755. The average molecular weight is 302 g/mol. The van der Waals surface area contributed by atoms with E-state index >= 15 is 0 Å². The molecule has 0 aliphatic carbocycles. The van der Waals surface area contributed by atoms with E-state index in [0.717, 1.165) is 5.69 Å². The normalized spacial score (nSPS) is 15.6. The fourth-order valence-corrected chi connectivity index (χ4v) is 2.28. The van der Waals surface area contributed by atoms with Gasteiger partial charge in [0.25, 0.3) is 0 Å². The number of rotatable bonds is 4. The summed E-state index contributed by atoms with van der Waals surface area (Å²) in [7, 11) is 3.75. The maximum atomic E-state index is 12.1. The summed E-state index contributed by atoms with van der Waals surface area (Å²) in [6.07, 6.45) is 4.95. The Kier molecular flexibility index (Phi) is 5.66. The average Bonchev–Trinajstić information content (AvgIpc) is 2.53. The number of likely N-dealkylation sites (N-methyl/N-ethyl adjacent to an activating group) is 1. The van der Waals surface area contributed by atoms with Gasteiger partial charge in [-0.1, -0.05) is 6.07 Å². The lowest BCUT2D eigenvalue weighted by molar-refractivity contribution is -0.137. The van der Waals surface area contributed by atoms with Crippen molar-refractivity contribution in [2.24, 2.45) is 0 Å². The van der Waals surface area contributed by atoms with Crippen LogP contribution in [-0.4, -0.2) is 78.3 Å². The fourth-order valence-electron chi connectivity index (χ4n) is 2.28. The molecule has 0 saturated carbocycles. The van der Waals surface area contributed by atoms with Gasteiger partial charge in [0.05, 0.1) is 12.2 Å². The molecule has 2 rings (SSSR count). The van der Waals surface area contributed by atoms with Gasteiger partial charge in [-0.15, -0.1) is 0 Å². The Morgan fingerprint density at radius 2 is 1.86 bits per heavy atom. The van der Waals surface area contributed by atoms with Crippen LogP contribution in [0.3, 0.4) is 0 Å². The molecular formula is C16H22N4O2. The van der Waals surface area contributed by atoms with Gasteiger partial charge in [-0.3, -0.25) is 14.6 Å². The van der Waals surface area contributed by atoms with Crippen LogP contribution in [0.4, 0.5) is 0 Å². The van der Waals surface area contributed by atoms with Gasteiger partial charge in [-0.2, -0.15) is 0 Å². The Morgan fingerprint density at radius 1 is 1.18 bits per heavy atom. The lowest BCUT2D eigenvalue weighted by Gasteiger charge is -2.34. The molecule has 2 amide bonds. The van der Waals surface area contributed by atoms with Gasteiger partial charge in [0.2, 0.25) is 11.8 Å². The smallest absolute Gasteiger partial charge is 0.246 e. The third-order valence-corrected chi connectivity index (χ3v) is 3.48. The predicted octanol–water partition coefficient (Wildman–Crippen LogP) is 0.327. The minimum Gasteiger partial charge on any atom is -0.338 e. The fraction of sp³-hybridized carbons (Fsp3) is 0.438. The zero-order valence-corrected chi connectivity index (χ0v) is 13.1. The maximum Gasteiger partial charge on any atom is 0.246 e. The summed E-state index contributed by atoms with van der Waals surface area (Å²) in [4.78, 5) is 33.7. The van der Waals surface area contributed by atoms with Crippen LogP contribution in [0.25, 0.3) is 6.08 Å². The summed E-state index contributed by atoms with van der Waals surface area (Å²) in [6, 6.07) is 5.57. The highest BCUT2D eigenvalue weighted by atomic mass is 16.2. The summed E-state index contributed by atoms with van der Waals surface area (Å²) in [5, 5.41) is 0. The number of carbonyl (C=O) groups is 2. The number of hydrogen-bond acceptors (Lipinski definition) is 4. The summed E-state index contributed by atoms with van der Waals surface area (Å²) in [5.41, 5.74) is 0.760. The highest BCUT2D eigenvalue weighted by Gasteiger charge is 2.23. The van der Waals surface area contributed by atoms with E-state index in [1.54, 1.807) is 23.2 Å². The van der Waals surface area contributed by atoms with Crippen LogP contribution in [0.5, 0.6) is 0 Å². The molecule has 1 aromatic rings. The zero-order chi connectivity index (χ0) is 15.9. The molecule has 2 heterocycles. The van der Waals surface area contributed by atoms with Crippen molar-refractivity contribution >= 4 is 17.9 Å². The molecule has 118 valence electrons. The Hall–Kier alpha value is -2.21. The topological polar surface area (TPSA) is 56.8 Å². The van der Waals surface area contributed by atoms with Gasteiger partial charge >= 0.3 is 0 Å². The van der Waals surface area contributed by atoms with Gasteiger partial charge in [0.1, 0.15) is 0 Å². The number of aromatic nitrogens is 1. The van der Waals surface area contributed by atoms with Gasteiger partial charge in [0, 0.05) is 38.5 Å². The Balaban J connectivity index is 1.82. The number of piperazine rings is 1. The first-order valence-electron chi connectivity index (χ1n) is 7.37. The molecule has 0 radical (unpaired) electrons. The van der Waals surface area contributed by atoms with Crippen LogP contribution < -0.4 is 0 Å². The number of hydrogen-bond donors (Lipinski definition) is 0. The second-order valence-electron chi connectivity index (χ2n) is 5.53. The summed E-state index contributed by atoms with van der Waals surface area (Å²) < 4.78 is 0. The Morgan fingerprint density at radius 3 is 2.45 bits per heavy atom. The molecule has 1 aliphatic rings. The van der Waals surface area contributed by atoms with Gasteiger partial charge < -0.3 is 14.7 Å². The first-order chi connectivity index (χ1) is 10.6. The van der Waals surface area contributed by atoms with E-state index in [1.807, 2.05) is 42.1 Å². The highest BCUT2D eigenvalue weighted by molar-refractivity contribution is 5.91. The molecule has 0 atom stereocenters. The molecule has 0 N–H and O–H groups in total. The molecule has 1 aromatic heterocycles. The molecule has 0 unspecified atom stereocenters. The van der Waals surface area contributed by atoms with Crippen LogP contribution in [0.15, 0.2) is 30.5 Å². The SMILES string of the molecule is CN(C)CC(=O)N1CCN(C(=O)/C=C/c2ccccn2)CC1. The van der Waals surface area contributed by atoms with Crippen molar-refractivity contribution in [1.29, 1.82) is 0 Å². The number of pyridine rings is 1. The van der Waals surface area contributed by atoms with Crippen molar-refractivity contribution in [1.82, 2.24) is 19.7 Å². The molecule has 22 heavy (non-hydrogen) atoms. The molecule has 1 fully saturated rings. The van der Waals surface area contributed by atoms with E-state index in [-0.39, 0.29) is 11.8 Å². The van der Waals surface area contributed by atoms with E-state index < -0.39 is 0 Å². The number of carbonyl (C=O) groups excluding carboxylic acids is 2. The molecule has 0 spiro atoms. The van der Waals surface area contributed by atoms with Crippen molar-refractivity contribution < 1.29 is 9.59 Å². The molecular weight excluding hydrogens is 280 g/mol. The molecule has 6 heteroatoms. The maximum absolute atomic E-state index is 12.1. The van der Waals surface area contributed by atoms with Gasteiger partial charge in [-0.05, 0) is 32.3 Å². The molecule has 0 bridgehead atoms. The Labute approximate surface area is 131 Å². The van der Waals surface area contributed by atoms with Crippen molar-refractivity contribution in [3.8, 4) is 0 Å². The minimum atomic E-state index is -0.0367. The summed E-state index contributed by atoms with van der Waals surface area (Å²) in [6.45, 7) is 2.74. The Bertz CT molecular complexity index is 534. The van der Waals surface area contributed by atoms with Crippen LogP contribution in [-0.2, 0) is 9.59 Å². The number of nitrogens with zero attached hydrogens (tertiary/aromatic N) is 4. The van der Waals surface area contributed by atoms with E-state index in [9.17, 15) is 9.59 Å². The largest absolute Gasteiger partial charge is 0.338 e. The predicted molar refractivity (Wildman–Crippen MR) is 85.0 cm³/mol. The first-order valence-corrected chi connectivity index (χ1v) is 7.37. The van der Waals surface area contributed by atoms with Crippen molar-refractivity contribution in [3.63, 3.8) is 0 Å². The third-order valence-electron chi connectivity index (χ3n) is 3.48. The lowest BCUT2D eigenvalue weighted by Crippen LogP contribution is -2.51. The standard InChI is InChI=1S/C16H22N4O2/c1-18(2)13-16(22)20-11-9-19(10-12-20)15(21)7-6-14-5-3-4-8-17-14/h3-8H,9-13H2,1-2H3/b7-6+. The van der Waals surface area contributed by atoms with E-state index in [1.165, 1.54) is 0 Å². The van der Waals surface area contributed by atoms with Crippen LogP contribution in [0, 0.1) is 0 Å². The van der Waals surface area contributed by atoms with E-state index in [2.05, 4.69) is 4.98 Å². The highest BCUT2D eigenvalue weighted by Crippen LogP contribution is 2.05. The molecule has 1 saturated heterocycles. The summed E-state index contributed by atoms with van der Waals surface area (Å²) >= 11 is 0. The van der Waals surface area contributed by atoms with Crippen LogP contribution in [0.1, 0.15) is 5.69 Å². The molecule has 0 aromatic carbocycles. The third kappa shape index (κ3) is 4.66. The lowest BCUT2D eigenvalue weighted by atomic mass is 10.2. The second-order valence-corrected chi connectivity index (χ2v) is 5.53. The molecule has 1 aliphatic heterocycles. The zero-order valence-electron chi connectivity index (χ0n) is 13.1. The minimum absolute atomic E-state index is 0.0367. The monoisotopic (exact) mass is 302 g/mol. The van der Waals surface area contributed by atoms with Crippen LogP contribution in [0.2, 0.25) is 0 Å². The quantitative estimate of drug-likeness (QED) is 0.752. The first kappa shape index (κ1) is 16.2. The second kappa shape index (κ2) is 7.70. The van der Waals surface area contributed by atoms with Crippen LogP contribution >= 0.6 is 0 Å². The van der Waals surface area contributed by atoms with E-state index in [0.29, 0.717) is 32.7 Å². The van der Waals surface area contributed by atoms with Gasteiger partial charge in [0.15, 0.2) is 0 Å².